The van der Waals surface area contributed by atoms with Crippen LogP contribution in [0.3, 0.4) is 0 Å². The fraction of sp³-hybridized carbons (Fsp3) is 0.522. The van der Waals surface area contributed by atoms with Gasteiger partial charge in [0.05, 0.1) is 13.0 Å². The number of carboxylic acid groups (broad SMARTS) is 1. The second kappa shape index (κ2) is 52.8. The molecule has 1 fully saturated rings. The van der Waals surface area contributed by atoms with E-state index < -0.39 is 67.3 Å². The van der Waals surface area contributed by atoms with Crippen LogP contribution in [0.15, 0.2) is 170 Å². The van der Waals surface area contributed by atoms with Crippen molar-refractivity contribution in [2.45, 2.75) is 212 Å². The molecule has 3 N–H and O–H groups in total. The number of aliphatic hydroxyl groups is 2. The van der Waals surface area contributed by atoms with Gasteiger partial charge in [-0.1, -0.05) is 197 Å². The normalized spacial score (nSPS) is 19.1. The van der Waals surface area contributed by atoms with Gasteiger partial charge >= 0.3 is 23.9 Å². The van der Waals surface area contributed by atoms with Crippen LogP contribution in [-0.4, -0.2) is 89.2 Å². The molecule has 0 saturated carbocycles. The monoisotopic (exact) mass is 1090 g/mol. The summed E-state index contributed by atoms with van der Waals surface area (Å²) >= 11 is 0. The second-order valence-corrected chi connectivity index (χ2v) is 18.8. The summed E-state index contributed by atoms with van der Waals surface area (Å²) < 4.78 is 28.2. The Morgan fingerprint density at radius 1 is 0.430 bits per heavy atom. The third-order valence-corrected chi connectivity index (χ3v) is 11.8. The van der Waals surface area contributed by atoms with Crippen LogP contribution in [0.25, 0.3) is 0 Å². The molecule has 1 saturated heterocycles. The van der Waals surface area contributed by atoms with Crippen LogP contribution in [0.5, 0.6) is 0 Å². The van der Waals surface area contributed by atoms with Gasteiger partial charge in [0.15, 0.2) is 24.6 Å². The molecule has 0 aromatic carbocycles. The third-order valence-electron chi connectivity index (χ3n) is 11.8. The number of ether oxygens (including phenoxy) is 5. The Morgan fingerprint density at radius 3 is 1.22 bits per heavy atom. The maximum atomic E-state index is 13.1. The summed E-state index contributed by atoms with van der Waals surface area (Å²) in [7, 11) is 0. The standard InChI is InChI=1S/C67H98O12/c1-4-7-10-13-16-19-22-25-28-29-30-31-34-35-38-41-44-47-50-53-59(68)75-56-58(77-60(69)54-51-48-45-42-39-36-32-26-23-20-17-14-11-8-5-2)57-76-67-65(63(72)62(71)64(79-67)66(73)74)78-61(70)55-52-49-46-43-40-37-33-27-24-21-18-15-12-9-6-3/h7-12,16-21,25-28,30-33,35,38-40,42-43,49,52,58,62-65,67,71-72H,4-6,13-15,22-24,29,34,36-37,41,44-48,50-51,53-57H2,1-3H3,(H,73,74)/b10-7-,11-8-,12-9-,19-16-,20-17-,21-18-,28-25-,31-30-,32-26-,33-27-,38-35-,42-39-,43-40-,52-49-. The number of carbonyl (C=O) groups excluding carboxylic acids is 3. The molecule has 0 aromatic rings. The first kappa shape index (κ1) is 71.1. The first-order valence-corrected chi connectivity index (χ1v) is 29.1. The van der Waals surface area contributed by atoms with Gasteiger partial charge in [-0.3, -0.25) is 14.4 Å². The van der Waals surface area contributed by atoms with Gasteiger partial charge in [-0.25, -0.2) is 4.79 Å². The lowest BCUT2D eigenvalue weighted by atomic mass is 9.98. The average molecular weight is 1100 g/mol. The predicted molar refractivity (Wildman–Crippen MR) is 321 cm³/mol. The minimum Gasteiger partial charge on any atom is -0.479 e. The van der Waals surface area contributed by atoms with E-state index in [1.807, 2.05) is 12.2 Å². The summed E-state index contributed by atoms with van der Waals surface area (Å²) in [5, 5.41) is 31.4. The Bertz CT molecular complexity index is 2020. The lowest BCUT2D eigenvalue weighted by Crippen LogP contribution is -2.61. The summed E-state index contributed by atoms with van der Waals surface area (Å²) in [5.41, 5.74) is 0. The molecule has 6 atom stereocenters. The number of unbranched alkanes of at least 4 members (excludes halogenated alkanes) is 5. The molecule has 79 heavy (non-hydrogen) atoms. The molecule has 1 aliphatic rings. The van der Waals surface area contributed by atoms with Gasteiger partial charge in [-0.15, -0.1) is 0 Å². The number of aliphatic hydroxyl groups excluding tert-OH is 2. The van der Waals surface area contributed by atoms with Crippen LogP contribution in [0.2, 0.25) is 0 Å². The van der Waals surface area contributed by atoms with Crippen molar-refractivity contribution in [1.29, 1.82) is 0 Å². The van der Waals surface area contributed by atoms with Crippen molar-refractivity contribution < 1.29 is 58.2 Å². The van der Waals surface area contributed by atoms with Gasteiger partial charge in [0, 0.05) is 12.8 Å². The Balaban J connectivity index is 2.81. The number of carbonyl (C=O) groups is 4. The molecule has 0 aliphatic carbocycles. The van der Waals surface area contributed by atoms with Crippen LogP contribution >= 0.6 is 0 Å². The molecule has 0 bridgehead atoms. The average Bonchev–Trinajstić information content (AvgIpc) is 3.46. The highest BCUT2D eigenvalue weighted by atomic mass is 16.7. The molecule has 1 heterocycles. The van der Waals surface area contributed by atoms with Gasteiger partial charge in [-0.05, 0) is 128 Å². The fourth-order valence-electron chi connectivity index (χ4n) is 7.46. The molecule has 438 valence electrons. The van der Waals surface area contributed by atoms with Crippen molar-refractivity contribution in [2.75, 3.05) is 13.2 Å². The first-order chi connectivity index (χ1) is 38.6. The van der Waals surface area contributed by atoms with Gasteiger partial charge in [0.25, 0.3) is 0 Å². The Morgan fingerprint density at radius 2 is 0.797 bits per heavy atom. The highest BCUT2D eigenvalue weighted by Crippen LogP contribution is 2.26. The smallest absolute Gasteiger partial charge is 0.335 e. The van der Waals surface area contributed by atoms with E-state index in [1.54, 1.807) is 12.2 Å². The predicted octanol–water partition coefficient (Wildman–Crippen LogP) is 15.1. The zero-order valence-electron chi connectivity index (χ0n) is 48.0. The quantitative estimate of drug-likeness (QED) is 0.0228. The summed E-state index contributed by atoms with van der Waals surface area (Å²) in [6.07, 6.45) is 66.4. The van der Waals surface area contributed by atoms with Crippen molar-refractivity contribution in [2.24, 2.45) is 0 Å². The maximum absolute atomic E-state index is 13.1. The molecule has 0 radical (unpaired) electrons. The number of hydrogen-bond acceptors (Lipinski definition) is 11. The number of rotatable bonds is 46. The van der Waals surface area contributed by atoms with Crippen molar-refractivity contribution in [3.05, 3.63) is 170 Å². The van der Waals surface area contributed by atoms with E-state index in [-0.39, 0.29) is 25.9 Å². The topological polar surface area (TPSA) is 175 Å². The first-order valence-electron chi connectivity index (χ1n) is 29.1. The highest BCUT2D eigenvalue weighted by Gasteiger charge is 2.50. The van der Waals surface area contributed by atoms with E-state index in [1.165, 1.54) is 0 Å². The molecule has 0 aromatic heterocycles. The van der Waals surface area contributed by atoms with E-state index in [9.17, 15) is 34.5 Å². The van der Waals surface area contributed by atoms with Crippen LogP contribution in [-0.2, 0) is 42.9 Å². The van der Waals surface area contributed by atoms with Gasteiger partial charge in [0.1, 0.15) is 18.8 Å². The molecular formula is C67H98O12. The number of carboxylic acids is 1. The summed E-state index contributed by atoms with van der Waals surface area (Å²) in [6, 6.07) is 0. The number of hydrogen-bond donors (Lipinski definition) is 3. The second-order valence-electron chi connectivity index (χ2n) is 18.8. The van der Waals surface area contributed by atoms with Crippen LogP contribution in [0.1, 0.15) is 175 Å². The third kappa shape index (κ3) is 42.7. The number of esters is 3. The lowest BCUT2D eigenvalue weighted by Gasteiger charge is -2.40. The number of allylic oxidation sites excluding steroid dienone is 27. The van der Waals surface area contributed by atoms with E-state index in [4.69, 9.17) is 23.7 Å². The molecule has 0 amide bonds. The molecule has 0 spiro atoms. The van der Waals surface area contributed by atoms with Crippen molar-refractivity contribution in [3.8, 4) is 0 Å². The SMILES string of the molecule is CC/C=C\C/C=C\C/C=C\C/C=C\C/C=C\CCCCCC(=O)OCC(COC1OC(C(=O)O)C(O)C(O)C1OC(=O)C/C=C\C/C=C\C/C=C\C/C=C\C/C=C\CC)OC(=O)CCCC/C=C\C/C=C\C/C=C\C/C=C\CC. The van der Waals surface area contributed by atoms with E-state index in [0.717, 1.165) is 116 Å². The van der Waals surface area contributed by atoms with Gasteiger partial charge in [0.2, 0.25) is 0 Å². The Kier molecular flexibility index (Phi) is 47.5. The van der Waals surface area contributed by atoms with Gasteiger partial charge < -0.3 is 39.0 Å². The maximum Gasteiger partial charge on any atom is 0.335 e. The van der Waals surface area contributed by atoms with Crippen LogP contribution < -0.4 is 0 Å². The van der Waals surface area contributed by atoms with E-state index >= 15 is 0 Å². The number of aliphatic carboxylic acids is 1. The van der Waals surface area contributed by atoms with Crippen molar-refractivity contribution in [3.63, 3.8) is 0 Å². The van der Waals surface area contributed by atoms with Crippen molar-refractivity contribution >= 4 is 23.9 Å². The van der Waals surface area contributed by atoms with E-state index in [2.05, 4.69) is 167 Å². The molecule has 1 aliphatic heterocycles. The summed E-state index contributed by atoms with van der Waals surface area (Å²) in [5.74, 6) is -3.42. The fourth-order valence-corrected chi connectivity index (χ4v) is 7.46. The summed E-state index contributed by atoms with van der Waals surface area (Å²) in [6.45, 7) is 5.51. The molecule has 1 rings (SSSR count). The Hall–Kier alpha value is -5.92. The van der Waals surface area contributed by atoms with Crippen molar-refractivity contribution in [1.82, 2.24) is 0 Å². The van der Waals surface area contributed by atoms with Gasteiger partial charge in [-0.2, -0.15) is 0 Å². The van der Waals surface area contributed by atoms with E-state index in [0.29, 0.717) is 19.3 Å². The molecular weight excluding hydrogens is 997 g/mol. The van der Waals surface area contributed by atoms with Crippen LogP contribution in [0, 0.1) is 0 Å². The zero-order chi connectivity index (χ0) is 57.5. The summed E-state index contributed by atoms with van der Waals surface area (Å²) in [4.78, 5) is 51.1. The minimum absolute atomic E-state index is 0.0812. The minimum atomic E-state index is -1.96. The molecule has 6 unspecified atom stereocenters. The lowest BCUT2D eigenvalue weighted by molar-refractivity contribution is -0.301. The zero-order valence-corrected chi connectivity index (χ0v) is 48.0. The Labute approximate surface area is 475 Å². The molecule has 12 nitrogen and oxygen atoms in total. The highest BCUT2D eigenvalue weighted by molar-refractivity contribution is 5.74. The molecule has 12 heteroatoms. The largest absolute Gasteiger partial charge is 0.479 e. The van der Waals surface area contributed by atoms with Crippen LogP contribution in [0.4, 0.5) is 0 Å².